The molecule has 0 aliphatic heterocycles. The summed E-state index contributed by atoms with van der Waals surface area (Å²) in [6.07, 6.45) is 1.76. The lowest BCUT2D eigenvalue weighted by atomic mass is 10.2. The van der Waals surface area contributed by atoms with Gasteiger partial charge in [-0.25, -0.2) is 4.98 Å². The zero-order valence-electron chi connectivity index (χ0n) is 10.9. The first-order chi connectivity index (χ1) is 10.2. The number of aromatic hydroxyl groups is 1. The number of aromatic nitrogens is 2. The summed E-state index contributed by atoms with van der Waals surface area (Å²) in [5, 5.41) is 19.2. The van der Waals surface area contributed by atoms with Crippen LogP contribution in [0.25, 0.3) is 17.1 Å². The van der Waals surface area contributed by atoms with Crippen molar-refractivity contribution in [1.82, 2.24) is 9.97 Å². The normalized spacial score (nSPS) is 11.5. The first-order valence-electron chi connectivity index (χ1n) is 6.28. The largest absolute Gasteiger partial charge is 0.508 e. The molecule has 2 N–H and O–H groups in total. The molecular weight excluding hydrogens is 282 g/mol. The van der Waals surface area contributed by atoms with Gasteiger partial charge in [0, 0.05) is 0 Å². The third-order valence-corrected chi connectivity index (χ3v) is 3.69. The van der Waals surface area contributed by atoms with E-state index in [4.69, 9.17) is 0 Å². The van der Waals surface area contributed by atoms with Gasteiger partial charge in [0.05, 0.1) is 15.9 Å². The Morgan fingerprint density at radius 3 is 2.67 bits per heavy atom. The molecule has 0 unspecified atom stereocenters. The lowest BCUT2D eigenvalue weighted by Gasteiger charge is -1.97. The molecule has 3 rings (SSSR count). The quantitative estimate of drug-likeness (QED) is 0.567. The van der Waals surface area contributed by atoms with Crippen LogP contribution in [0.15, 0.2) is 58.6 Å². The molecule has 0 bridgehead atoms. The Balaban J connectivity index is 1.87. The molecule has 0 aliphatic rings. The monoisotopic (exact) mass is 293 g/mol. The number of phenolic OH excluding ortho intramolecular Hbond substituents is 1. The first-order valence-corrected chi connectivity index (χ1v) is 7.10. The summed E-state index contributed by atoms with van der Waals surface area (Å²) in [6.45, 7) is 0. The van der Waals surface area contributed by atoms with Crippen molar-refractivity contribution < 1.29 is 5.11 Å². The van der Waals surface area contributed by atoms with Gasteiger partial charge in [0.15, 0.2) is 5.16 Å². The van der Waals surface area contributed by atoms with Gasteiger partial charge in [-0.3, -0.25) is 0 Å². The fraction of sp³-hybridized carbons (Fsp3) is 0. The minimum Gasteiger partial charge on any atom is -0.508 e. The molecule has 0 saturated heterocycles. The van der Waals surface area contributed by atoms with Crippen LogP contribution in [0.1, 0.15) is 5.56 Å². The van der Waals surface area contributed by atoms with Gasteiger partial charge in [0.1, 0.15) is 11.8 Å². The average molecular weight is 293 g/mol. The molecule has 0 atom stereocenters. The lowest BCUT2D eigenvalue weighted by molar-refractivity contribution is 0.475. The predicted octanol–water partition coefficient (Wildman–Crippen LogP) is 3.93. The number of imidazole rings is 1. The molecule has 2 aromatic carbocycles. The maximum atomic E-state index is 9.26. The number of rotatable bonds is 3. The number of allylic oxidation sites excluding steroid dienone is 1. The van der Waals surface area contributed by atoms with Crippen molar-refractivity contribution in [3.63, 3.8) is 0 Å². The molecule has 21 heavy (non-hydrogen) atoms. The van der Waals surface area contributed by atoms with Crippen LogP contribution < -0.4 is 0 Å². The van der Waals surface area contributed by atoms with Crippen molar-refractivity contribution in [3.05, 3.63) is 59.0 Å². The number of benzene rings is 2. The van der Waals surface area contributed by atoms with E-state index >= 15 is 0 Å². The van der Waals surface area contributed by atoms with E-state index < -0.39 is 0 Å². The van der Waals surface area contributed by atoms with Gasteiger partial charge in [-0.15, -0.1) is 0 Å². The third-order valence-electron chi connectivity index (χ3n) is 2.88. The standard InChI is InChI=1S/C16H11N3OS/c17-10-13(9-11-5-7-12(20)8-6-11)21-16-18-14-3-1-2-4-15(14)19-16/h1-9,20H,(H,18,19). The van der Waals surface area contributed by atoms with Crippen molar-refractivity contribution in [2.75, 3.05) is 0 Å². The number of nitriles is 1. The third kappa shape index (κ3) is 3.07. The Morgan fingerprint density at radius 2 is 1.95 bits per heavy atom. The molecule has 0 radical (unpaired) electrons. The number of aromatic amines is 1. The Bertz CT molecular complexity index is 811. The van der Waals surface area contributed by atoms with E-state index in [1.807, 2.05) is 24.3 Å². The Morgan fingerprint density at radius 1 is 1.19 bits per heavy atom. The van der Waals surface area contributed by atoms with Crippen molar-refractivity contribution in [1.29, 1.82) is 5.26 Å². The second kappa shape index (κ2) is 5.73. The summed E-state index contributed by atoms with van der Waals surface area (Å²) in [4.78, 5) is 8.13. The summed E-state index contributed by atoms with van der Waals surface area (Å²) in [5.74, 6) is 0.204. The fourth-order valence-electron chi connectivity index (χ4n) is 1.89. The van der Waals surface area contributed by atoms with Crippen LogP contribution in [0.5, 0.6) is 5.75 Å². The maximum Gasteiger partial charge on any atom is 0.171 e. The average Bonchev–Trinajstić information content (AvgIpc) is 2.91. The number of hydrogen-bond donors (Lipinski definition) is 2. The van der Waals surface area contributed by atoms with Gasteiger partial charge in [0.25, 0.3) is 0 Å². The highest BCUT2D eigenvalue weighted by Gasteiger charge is 2.06. The molecule has 4 nitrogen and oxygen atoms in total. The zero-order valence-corrected chi connectivity index (χ0v) is 11.8. The van der Waals surface area contributed by atoms with E-state index in [2.05, 4.69) is 16.0 Å². The fourth-order valence-corrected chi connectivity index (χ4v) is 2.64. The van der Waals surface area contributed by atoms with Gasteiger partial charge in [-0.05, 0) is 47.7 Å². The molecule has 0 saturated carbocycles. The number of fused-ring (bicyclic) bond motifs is 1. The van der Waals surface area contributed by atoms with E-state index in [1.165, 1.54) is 11.8 Å². The zero-order chi connectivity index (χ0) is 14.7. The number of nitrogens with one attached hydrogen (secondary N) is 1. The SMILES string of the molecule is N#CC(=Cc1ccc(O)cc1)Sc1nc2ccccc2[nH]1. The minimum atomic E-state index is 0.204. The van der Waals surface area contributed by atoms with Crippen molar-refractivity contribution in [3.8, 4) is 11.8 Å². The second-order valence-corrected chi connectivity index (χ2v) is 5.40. The smallest absolute Gasteiger partial charge is 0.171 e. The summed E-state index contributed by atoms with van der Waals surface area (Å²) in [6, 6.07) is 16.6. The second-order valence-electron chi connectivity index (χ2n) is 4.37. The van der Waals surface area contributed by atoms with Gasteiger partial charge in [0.2, 0.25) is 0 Å². The van der Waals surface area contributed by atoms with Crippen LogP contribution in [0.3, 0.4) is 0 Å². The van der Waals surface area contributed by atoms with E-state index in [1.54, 1.807) is 30.3 Å². The van der Waals surface area contributed by atoms with Crippen molar-refractivity contribution in [2.24, 2.45) is 0 Å². The van der Waals surface area contributed by atoms with Gasteiger partial charge < -0.3 is 10.1 Å². The molecular formula is C16H11N3OS. The highest BCUT2D eigenvalue weighted by molar-refractivity contribution is 8.03. The number of hydrogen-bond acceptors (Lipinski definition) is 4. The predicted molar refractivity (Wildman–Crippen MR) is 83.6 cm³/mol. The van der Waals surface area contributed by atoms with E-state index in [-0.39, 0.29) is 5.75 Å². The summed E-state index contributed by atoms with van der Waals surface area (Å²) in [5.41, 5.74) is 2.68. The number of H-pyrrole nitrogens is 1. The lowest BCUT2D eigenvalue weighted by Crippen LogP contribution is -1.78. The first kappa shape index (κ1) is 13.3. The maximum absolute atomic E-state index is 9.26. The summed E-state index contributed by atoms with van der Waals surface area (Å²) in [7, 11) is 0. The minimum absolute atomic E-state index is 0.204. The number of phenols is 1. The molecule has 0 fully saturated rings. The topological polar surface area (TPSA) is 72.7 Å². The van der Waals surface area contributed by atoms with Crippen molar-refractivity contribution >= 4 is 28.9 Å². The van der Waals surface area contributed by atoms with Crippen LogP contribution in [-0.2, 0) is 0 Å². The highest BCUT2D eigenvalue weighted by Crippen LogP contribution is 2.27. The Hall–Kier alpha value is -2.71. The van der Waals surface area contributed by atoms with E-state index in [0.29, 0.717) is 10.1 Å². The van der Waals surface area contributed by atoms with Crippen LogP contribution >= 0.6 is 11.8 Å². The molecule has 0 spiro atoms. The number of para-hydroxylation sites is 2. The summed E-state index contributed by atoms with van der Waals surface area (Å²) >= 11 is 1.28. The van der Waals surface area contributed by atoms with Gasteiger partial charge >= 0.3 is 0 Å². The Labute approximate surface area is 125 Å². The molecule has 5 heteroatoms. The van der Waals surface area contributed by atoms with E-state index in [9.17, 15) is 10.4 Å². The molecule has 1 heterocycles. The Kier molecular flexibility index (Phi) is 3.63. The van der Waals surface area contributed by atoms with Gasteiger partial charge in [-0.2, -0.15) is 5.26 Å². The van der Waals surface area contributed by atoms with E-state index in [0.717, 1.165) is 16.6 Å². The molecule has 0 aliphatic carbocycles. The summed E-state index contributed by atoms with van der Waals surface area (Å²) < 4.78 is 0. The van der Waals surface area contributed by atoms with Crippen LogP contribution in [0.2, 0.25) is 0 Å². The van der Waals surface area contributed by atoms with Crippen molar-refractivity contribution in [2.45, 2.75) is 5.16 Å². The molecule has 0 amide bonds. The number of nitrogens with zero attached hydrogens (tertiary/aromatic N) is 2. The molecule has 1 aromatic heterocycles. The van der Waals surface area contributed by atoms with Crippen LogP contribution in [0, 0.1) is 11.3 Å². The molecule has 3 aromatic rings. The van der Waals surface area contributed by atoms with Gasteiger partial charge in [-0.1, -0.05) is 24.3 Å². The molecule has 102 valence electrons. The highest BCUT2D eigenvalue weighted by atomic mass is 32.2. The number of thioether (sulfide) groups is 1. The van der Waals surface area contributed by atoms with Crippen LogP contribution in [-0.4, -0.2) is 15.1 Å². The van der Waals surface area contributed by atoms with Crippen LogP contribution in [0.4, 0.5) is 0 Å².